The Morgan fingerprint density at radius 1 is 1.30 bits per heavy atom. The number of aromatic amines is 1. The predicted molar refractivity (Wildman–Crippen MR) is 96.6 cm³/mol. The maximum atomic E-state index is 12.7. The molecule has 136 valence electrons. The summed E-state index contributed by atoms with van der Waals surface area (Å²) in [5.41, 5.74) is 3.88. The van der Waals surface area contributed by atoms with E-state index in [9.17, 15) is 10.0 Å². The van der Waals surface area contributed by atoms with Crippen molar-refractivity contribution < 1.29 is 14.0 Å². The number of H-pyrrole nitrogens is 1. The van der Waals surface area contributed by atoms with Crippen LogP contribution in [0.4, 0.5) is 0 Å². The van der Waals surface area contributed by atoms with Crippen LogP contribution in [0, 0.1) is 19.1 Å². The average Bonchev–Trinajstić information content (AvgIpc) is 3.17. The van der Waals surface area contributed by atoms with Gasteiger partial charge in [-0.25, -0.2) is 4.79 Å². The van der Waals surface area contributed by atoms with Gasteiger partial charge in [0.1, 0.15) is 17.9 Å². The zero-order valence-corrected chi connectivity index (χ0v) is 14.7. The van der Waals surface area contributed by atoms with Gasteiger partial charge in [-0.1, -0.05) is 5.16 Å². The highest BCUT2D eigenvalue weighted by Crippen LogP contribution is 2.42. The number of aromatic nitrogens is 4. The SMILES string of the molecule is Cc1noc(C)c1-c1ccc2[nH]c(=O)n3c2c1OCC3c1cccc[n+]1[O-]. The Kier molecular flexibility index (Phi) is 3.18. The number of nitrogens with one attached hydrogen (secondary N) is 1. The van der Waals surface area contributed by atoms with E-state index in [0.29, 0.717) is 28.2 Å². The molecule has 8 nitrogen and oxygen atoms in total. The lowest BCUT2D eigenvalue weighted by Crippen LogP contribution is -2.40. The van der Waals surface area contributed by atoms with Gasteiger partial charge in [0.2, 0.25) is 5.69 Å². The molecule has 4 heterocycles. The molecule has 0 radical (unpaired) electrons. The zero-order chi connectivity index (χ0) is 18.7. The minimum absolute atomic E-state index is 0.173. The molecule has 0 aliphatic carbocycles. The zero-order valence-electron chi connectivity index (χ0n) is 14.7. The molecular formula is C19H16N4O4. The molecule has 1 aliphatic rings. The van der Waals surface area contributed by atoms with Crippen LogP contribution in [0.5, 0.6) is 5.75 Å². The molecule has 27 heavy (non-hydrogen) atoms. The van der Waals surface area contributed by atoms with Crippen LogP contribution in [0.3, 0.4) is 0 Å². The first-order chi connectivity index (χ1) is 13.1. The van der Waals surface area contributed by atoms with Crippen molar-refractivity contribution in [2.45, 2.75) is 19.9 Å². The molecule has 0 amide bonds. The lowest BCUT2D eigenvalue weighted by Gasteiger charge is -2.25. The highest BCUT2D eigenvalue weighted by atomic mass is 16.5. The predicted octanol–water partition coefficient (Wildman–Crippen LogP) is 2.22. The molecule has 0 saturated heterocycles. The molecule has 8 heteroatoms. The quantitative estimate of drug-likeness (QED) is 0.434. The summed E-state index contributed by atoms with van der Waals surface area (Å²) in [6.45, 7) is 3.88. The highest BCUT2D eigenvalue weighted by Gasteiger charge is 2.33. The van der Waals surface area contributed by atoms with Crippen molar-refractivity contribution in [3.05, 3.63) is 69.4 Å². The van der Waals surface area contributed by atoms with E-state index in [4.69, 9.17) is 9.26 Å². The van der Waals surface area contributed by atoms with Gasteiger partial charge < -0.3 is 19.5 Å². The standard InChI is InChI=1S/C19H16N4O4/c1-10-16(11(2)27-21-10)12-6-7-13-17-18(12)26-9-15(23(17)19(24)20-13)14-5-3-4-8-22(14)25/h3-8,15H,9H2,1-2H3,(H,20,24). The number of imidazole rings is 1. The van der Waals surface area contributed by atoms with Crippen LogP contribution < -0.4 is 15.2 Å². The molecule has 1 atom stereocenters. The number of hydrogen-bond acceptors (Lipinski definition) is 5. The van der Waals surface area contributed by atoms with Crippen molar-refractivity contribution in [2.75, 3.05) is 6.61 Å². The number of aryl methyl sites for hydroxylation is 2. The lowest BCUT2D eigenvalue weighted by molar-refractivity contribution is -0.616. The van der Waals surface area contributed by atoms with Gasteiger partial charge in [0.15, 0.2) is 18.0 Å². The van der Waals surface area contributed by atoms with Crippen LogP contribution in [0.1, 0.15) is 23.2 Å². The summed E-state index contributed by atoms with van der Waals surface area (Å²) >= 11 is 0. The first kappa shape index (κ1) is 15.7. The van der Waals surface area contributed by atoms with Crippen LogP contribution in [0.2, 0.25) is 0 Å². The van der Waals surface area contributed by atoms with Gasteiger partial charge in [0.05, 0.1) is 16.8 Å². The van der Waals surface area contributed by atoms with Gasteiger partial charge in [0, 0.05) is 17.7 Å². The molecule has 1 N–H and O–H groups in total. The molecule has 0 fully saturated rings. The Morgan fingerprint density at radius 3 is 2.89 bits per heavy atom. The average molecular weight is 364 g/mol. The Bertz CT molecular complexity index is 1230. The normalized spacial score (nSPS) is 15.9. The van der Waals surface area contributed by atoms with E-state index in [-0.39, 0.29) is 12.3 Å². The van der Waals surface area contributed by atoms with Gasteiger partial charge in [-0.15, -0.1) is 0 Å². The van der Waals surface area contributed by atoms with E-state index in [2.05, 4.69) is 10.1 Å². The van der Waals surface area contributed by atoms with Gasteiger partial charge >= 0.3 is 5.69 Å². The molecule has 4 aromatic rings. The molecule has 1 aliphatic heterocycles. The number of rotatable bonds is 2. The second-order valence-electron chi connectivity index (χ2n) is 6.62. The molecular weight excluding hydrogens is 348 g/mol. The Balaban J connectivity index is 1.81. The number of pyridine rings is 1. The largest absolute Gasteiger partial charge is 0.618 e. The molecule has 3 aromatic heterocycles. The van der Waals surface area contributed by atoms with E-state index in [1.54, 1.807) is 22.8 Å². The van der Waals surface area contributed by atoms with E-state index in [0.717, 1.165) is 21.6 Å². The van der Waals surface area contributed by atoms with Gasteiger partial charge in [-0.2, -0.15) is 4.73 Å². The van der Waals surface area contributed by atoms with Gasteiger partial charge in [-0.05, 0) is 32.0 Å². The maximum Gasteiger partial charge on any atom is 0.327 e. The summed E-state index contributed by atoms with van der Waals surface area (Å²) in [6.07, 6.45) is 1.42. The summed E-state index contributed by atoms with van der Waals surface area (Å²) in [5, 5.41) is 16.3. The van der Waals surface area contributed by atoms with Crippen molar-refractivity contribution in [1.29, 1.82) is 0 Å². The minimum Gasteiger partial charge on any atom is -0.618 e. The highest BCUT2D eigenvalue weighted by molar-refractivity contribution is 5.92. The van der Waals surface area contributed by atoms with Crippen LogP contribution in [-0.2, 0) is 0 Å². The Morgan fingerprint density at radius 2 is 2.15 bits per heavy atom. The van der Waals surface area contributed by atoms with Gasteiger partial charge in [-0.3, -0.25) is 4.57 Å². The van der Waals surface area contributed by atoms with Crippen LogP contribution in [0.15, 0.2) is 45.8 Å². The number of ether oxygens (including phenoxy) is 1. The summed E-state index contributed by atoms with van der Waals surface area (Å²) in [6, 6.07) is 8.33. The Labute approximate surface area is 153 Å². The maximum absolute atomic E-state index is 12.7. The van der Waals surface area contributed by atoms with Crippen molar-refractivity contribution in [3.63, 3.8) is 0 Å². The van der Waals surface area contributed by atoms with Crippen molar-refractivity contribution >= 4 is 11.0 Å². The fourth-order valence-corrected chi connectivity index (χ4v) is 3.85. The second-order valence-corrected chi connectivity index (χ2v) is 6.62. The van der Waals surface area contributed by atoms with E-state index in [1.807, 2.05) is 26.0 Å². The molecule has 1 aromatic carbocycles. The van der Waals surface area contributed by atoms with Crippen molar-refractivity contribution in [3.8, 4) is 16.9 Å². The van der Waals surface area contributed by atoms with Gasteiger partial charge in [0.25, 0.3) is 0 Å². The molecule has 0 saturated carbocycles. The summed E-state index contributed by atoms with van der Waals surface area (Å²) in [5.74, 6) is 1.27. The van der Waals surface area contributed by atoms with E-state index < -0.39 is 6.04 Å². The van der Waals surface area contributed by atoms with E-state index >= 15 is 0 Å². The summed E-state index contributed by atoms with van der Waals surface area (Å²) in [4.78, 5) is 15.5. The number of nitrogens with zero attached hydrogens (tertiary/aromatic N) is 3. The molecule has 0 spiro atoms. The molecule has 5 rings (SSSR count). The van der Waals surface area contributed by atoms with Crippen LogP contribution >= 0.6 is 0 Å². The molecule has 0 bridgehead atoms. The third-order valence-corrected chi connectivity index (χ3v) is 5.03. The fraction of sp³-hybridized carbons (Fsp3) is 0.211. The van der Waals surface area contributed by atoms with E-state index in [1.165, 1.54) is 6.20 Å². The molecule has 1 unspecified atom stereocenters. The monoisotopic (exact) mass is 364 g/mol. The lowest BCUT2D eigenvalue weighted by atomic mass is 10.0. The van der Waals surface area contributed by atoms with Crippen molar-refractivity contribution in [2.24, 2.45) is 0 Å². The minimum atomic E-state index is -0.516. The fourth-order valence-electron chi connectivity index (χ4n) is 3.85. The smallest absolute Gasteiger partial charge is 0.327 e. The third-order valence-electron chi connectivity index (χ3n) is 5.03. The van der Waals surface area contributed by atoms with Crippen molar-refractivity contribution in [1.82, 2.24) is 14.7 Å². The van der Waals surface area contributed by atoms with Crippen LogP contribution in [-0.4, -0.2) is 21.3 Å². The summed E-state index contributed by atoms with van der Waals surface area (Å²) in [7, 11) is 0. The first-order valence-electron chi connectivity index (χ1n) is 8.57. The van der Waals surface area contributed by atoms with Crippen LogP contribution in [0.25, 0.3) is 22.2 Å². The Hall–Kier alpha value is -3.55. The second kappa shape index (κ2) is 5.47. The topological polar surface area (TPSA) is 100.0 Å². The first-order valence-corrected chi connectivity index (χ1v) is 8.57. The number of hydrogen-bond donors (Lipinski definition) is 1. The third kappa shape index (κ3) is 2.13. The summed E-state index contributed by atoms with van der Waals surface area (Å²) < 4.78 is 13.8. The number of benzene rings is 1.